The highest BCUT2D eigenvalue weighted by Gasteiger charge is 2.30. The lowest BCUT2D eigenvalue weighted by Gasteiger charge is -2.19. The van der Waals surface area contributed by atoms with Crippen LogP contribution in [0.3, 0.4) is 0 Å². The molecule has 1 aliphatic rings. The van der Waals surface area contributed by atoms with Gasteiger partial charge in [-0.2, -0.15) is 5.10 Å². The summed E-state index contributed by atoms with van der Waals surface area (Å²) in [6, 6.07) is 10.6. The molecular formula is C29H35N7O2. The van der Waals surface area contributed by atoms with Crippen LogP contribution in [0.1, 0.15) is 53.0 Å². The standard InChI is InChI=1S/C29H35N7O2/c1-5-36-28(19-6-7-19)20(16-32-36)17-35(4)29(38)23-15-27(34-25-9-8-21(37)14-22(23)25)26-11-10-24(18(2)33-26)31-13-12-30-3/h8-11,14-16,19,30-31,37H,5-7,12-13,17H2,1-4H3. The SMILES string of the molecule is CCn1ncc(CN(C)C(=O)c2cc(-c3ccc(NCCNC)c(C)n3)nc3ccc(O)cc23)c1C1CC1. The molecule has 0 atom stereocenters. The van der Waals surface area contributed by atoms with Crippen molar-refractivity contribution in [1.29, 1.82) is 0 Å². The molecule has 0 radical (unpaired) electrons. The number of pyridine rings is 2. The maximum atomic E-state index is 13.9. The summed E-state index contributed by atoms with van der Waals surface area (Å²) in [7, 11) is 3.73. The third-order valence-corrected chi connectivity index (χ3v) is 7.04. The van der Waals surface area contributed by atoms with Crippen LogP contribution in [0.5, 0.6) is 5.75 Å². The van der Waals surface area contributed by atoms with E-state index in [4.69, 9.17) is 9.97 Å². The molecule has 1 saturated carbocycles. The van der Waals surface area contributed by atoms with Crippen LogP contribution in [0.15, 0.2) is 42.6 Å². The fourth-order valence-electron chi connectivity index (χ4n) is 4.90. The van der Waals surface area contributed by atoms with Gasteiger partial charge in [0, 0.05) is 55.8 Å². The van der Waals surface area contributed by atoms with Crippen molar-refractivity contribution in [2.75, 3.05) is 32.5 Å². The Labute approximate surface area is 222 Å². The Balaban J connectivity index is 1.49. The summed E-state index contributed by atoms with van der Waals surface area (Å²) < 4.78 is 2.05. The Morgan fingerprint density at radius 2 is 1.95 bits per heavy atom. The minimum atomic E-state index is -0.141. The highest BCUT2D eigenvalue weighted by molar-refractivity contribution is 6.07. The number of amides is 1. The van der Waals surface area contributed by atoms with E-state index in [1.807, 2.05) is 39.3 Å². The van der Waals surface area contributed by atoms with Gasteiger partial charge in [0.2, 0.25) is 0 Å². The lowest BCUT2D eigenvalue weighted by Crippen LogP contribution is -2.27. The van der Waals surface area contributed by atoms with Crippen LogP contribution in [0, 0.1) is 6.92 Å². The van der Waals surface area contributed by atoms with E-state index >= 15 is 0 Å². The van der Waals surface area contributed by atoms with Gasteiger partial charge in [-0.15, -0.1) is 0 Å². The lowest BCUT2D eigenvalue weighted by atomic mass is 10.0. The number of phenolic OH excluding ortho intramolecular Hbond substituents is 1. The van der Waals surface area contributed by atoms with E-state index in [9.17, 15) is 9.90 Å². The highest BCUT2D eigenvalue weighted by atomic mass is 16.3. The number of aromatic hydroxyl groups is 1. The number of hydrogen-bond donors (Lipinski definition) is 3. The number of benzene rings is 1. The molecule has 1 fully saturated rings. The second-order valence-corrected chi connectivity index (χ2v) is 9.92. The summed E-state index contributed by atoms with van der Waals surface area (Å²) in [6.07, 6.45) is 4.23. The normalized spacial score (nSPS) is 13.2. The van der Waals surface area contributed by atoms with Crippen molar-refractivity contribution in [3.05, 3.63) is 65.1 Å². The zero-order valence-corrected chi connectivity index (χ0v) is 22.5. The smallest absolute Gasteiger partial charge is 0.254 e. The first-order valence-electron chi connectivity index (χ1n) is 13.2. The molecule has 198 valence electrons. The van der Waals surface area contributed by atoms with E-state index in [-0.39, 0.29) is 11.7 Å². The number of fused-ring (bicyclic) bond motifs is 1. The topological polar surface area (TPSA) is 108 Å². The molecule has 38 heavy (non-hydrogen) atoms. The van der Waals surface area contributed by atoms with Crippen molar-refractivity contribution in [1.82, 2.24) is 30.0 Å². The van der Waals surface area contributed by atoms with E-state index in [1.54, 1.807) is 29.2 Å². The summed E-state index contributed by atoms with van der Waals surface area (Å²) in [5, 5.41) is 21.9. The lowest BCUT2D eigenvalue weighted by molar-refractivity contribution is 0.0786. The molecule has 1 aliphatic carbocycles. The average molecular weight is 514 g/mol. The number of carbonyl (C=O) groups excluding carboxylic acids is 1. The quantitative estimate of drug-likeness (QED) is 0.271. The van der Waals surface area contributed by atoms with Gasteiger partial charge in [0.15, 0.2) is 0 Å². The Morgan fingerprint density at radius 1 is 1.13 bits per heavy atom. The van der Waals surface area contributed by atoms with E-state index in [0.29, 0.717) is 40.3 Å². The van der Waals surface area contributed by atoms with Crippen LogP contribution in [-0.4, -0.2) is 62.8 Å². The first-order chi connectivity index (χ1) is 18.4. The van der Waals surface area contributed by atoms with Crippen molar-refractivity contribution < 1.29 is 9.90 Å². The number of aromatic nitrogens is 4. The second-order valence-electron chi connectivity index (χ2n) is 9.92. The van der Waals surface area contributed by atoms with Crippen LogP contribution >= 0.6 is 0 Å². The van der Waals surface area contributed by atoms with Gasteiger partial charge in [-0.25, -0.2) is 9.97 Å². The number of rotatable bonds is 10. The molecule has 0 spiro atoms. The van der Waals surface area contributed by atoms with Gasteiger partial charge < -0.3 is 20.6 Å². The molecule has 3 N–H and O–H groups in total. The fraction of sp³-hybridized carbons (Fsp3) is 0.379. The van der Waals surface area contributed by atoms with Gasteiger partial charge in [0.25, 0.3) is 5.91 Å². The Bertz CT molecular complexity index is 1480. The molecule has 1 amide bonds. The number of nitrogens with zero attached hydrogens (tertiary/aromatic N) is 5. The molecule has 3 aromatic heterocycles. The molecule has 9 nitrogen and oxygen atoms in total. The zero-order chi connectivity index (χ0) is 26.8. The zero-order valence-electron chi connectivity index (χ0n) is 22.5. The van der Waals surface area contributed by atoms with E-state index in [1.165, 1.54) is 18.5 Å². The molecule has 0 bridgehead atoms. The first kappa shape index (κ1) is 25.7. The van der Waals surface area contributed by atoms with Crippen molar-refractivity contribution in [2.24, 2.45) is 0 Å². The third kappa shape index (κ3) is 5.19. The number of likely N-dealkylation sites (N-methyl/N-ethyl adjacent to an activating group) is 1. The van der Waals surface area contributed by atoms with Gasteiger partial charge >= 0.3 is 0 Å². The Morgan fingerprint density at radius 3 is 2.66 bits per heavy atom. The fourth-order valence-corrected chi connectivity index (χ4v) is 4.90. The predicted molar refractivity (Wildman–Crippen MR) is 149 cm³/mol. The molecule has 0 aliphatic heterocycles. The first-order valence-corrected chi connectivity index (χ1v) is 13.2. The summed E-state index contributed by atoms with van der Waals surface area (Å²) in [6.45, 7) is 6.97. The average Bonchev–Trinajstić information content (AvgIpc) is 3.68. The van der Waals surface area contributed by atoms with Crippen molar-refractivity contribution in [3.8, 4) is 17.1 Å². The molecule has 9 heteroatoms. The summed E-state index contributed by atoms with van der Waals surface area (Å²) >= 11 is 0. The number of aryl methyl sites for hydroxylation is 2. The predicted octanol–water partition coefficient (Wildman–Crippen LogP) is 4.31. The Hall–Kier alpha value is -3.98. The second kappa shape index (κ2) is 10.8. The van der Waals surface area contributed by atoms with E-state index in [0.717, 1.165) is 36.6 Å². The van der Waals surface area contributed by atoms with Crippen LogP contribution in [0.25, 0.3) is 22.3 Å². The molecule has 4 aromatic rings. The van der Waals surface area contributed by atoms with Crippen molar-refractivity contribution >= 4 is 22.5 Å². The molecule has 0 saturated heterocycles. The maximum absolute atomic E-state index is 13.9. The van der Waals surface area contributed by atoms with Crippen molar-refractivity contribution in [2.45, 2.75) is 45.7 Å². The monoisotopic (exact) mass is 513 g/mol. The molecule has 3 heterocycles. The van der Waals surface area contributed by atoms with Gasteiger partial charge in [0.1, 0.15) is 5.75 Å². The number of carbonyl (C=O) groups is 1. The van der Waals surface area contributed by atoms with E-state index < -0.39 is 0 Å². The molecule has 5 rings (SSSR count). The number of hydrogen-bond acceptors (Lipinski definition) is 7. The van der Waals surface area contributed by atoms with Gasteiger partial charge in [0.05, 0.1) is 40.0 Å². The van der Waals surface area contributed by atoms with Crippen LogP contribution in [-0.2, 0) is 13.1 Å². The molecular weight excluding hydrogens is 478 g/mol. The van der Waals surface area contributed by atoms with Crippen LogP contribution in [0.4, 0.5) is 5.69 Å². The maximum Gasteiger partial charge on any atom is 0.254 e. The van der Waals surface area contributed by atoms with Gasteiger partial charge in [-0.1, -0.05) is 0 Å². The summed E-state index contributed by atoms with van der Waals surface area (Å²) in [4.78, 5) is 25.1. The highest BCUT2D eigenvalue weighted by Crippen LogP contribution is 2.42. The molecule has 1 aromatic carbocycles. The number of nitrogens with one attached hydrogen (secondary N) is 2. The molecule has 0 unspecified atom stereocenters. The number of phenols is 1. The van der Waals surface area contributed by atoms with Crippen LogP contribution in [0.2, 0.25) is 0 Å². The minimum absolute atomic E-state index is 0.0926. The minimum Gasteiger partial charge on any atom is -0.508 e. The third-order valence-electron chi connectivity index (χ3n) is 7.04. The summed E-state index contributed by atoms with van der Waals surface area (Å²) in [5.74, 6) is 0.485. The summed E-state index contributed by atoms with van der Waals surface area (Å²) in [5.41, 5.74) is 6.57. The van der Waals surface area contributed by atoms with Gasteiger partial charge in [-0.05, 0) is 70.1 Å². The van der Waals surface area contributed by atoms with E-state index in [2.05, 4.69) is 27.3 Å². The van der Waals surface area contributed by atoms with Crippen molar-refractivity contribution in [3.63, 3.8) is 0 Å². The van der Waals surface area contributed by atoms with Crippen LogP contribution < -0.4 is 10.6 Å². The Kier molecular flexibility index (Phi) is 7.28. The van der Waals surface area contributed by atoms with Gasteiger partial charge in [-0.3, -0.25) is 9.48 Å². The largest absolute Gasteiger partial charge is 0.508 e. The number of anilines is 1.